The van der Waals surface area contributed by atoms with Crippen LogP contribution in [-0.2, 0) is 6.54 Å². The van der Waals surface area contributed by atoms with E-state index in [-0.39, 0.29) is 0 Å². The number of H-pyrrole nitrogens is 1. The van der Waals surface area contributed by atoms with Crippen molar-refractivity contribution in [3.8, 4) is 0 Å². The molecule has 0 radical (unpaired) electrons. The Labute approximate surface area is 115 Å². The van der Waals surface area contributed by atoms with Gasteiger partial charge >= 0.3 is 0 Å². The van der Waals surface area contributed by atoms with Gasteiger partial charge in [-0.25, -0.2) is 15.0 Å². The minimum atomic E-state index is 0.407. The van der Waals surface area contributed by atoms with Gasteiger partial charge in [0.1, 0.15) is 30.4 Å². The molecule has 0 saturated carbocycles. The van der Waals surface area contributed by atoms with E-state index < -0.39 is 0 Å². The second kappa shape index (κ2) is 4.59. The Kier molecular flexibility index (Phi) is 2.61. The number of nitrogens with one attached hydrogen (secondary N) is 1. The average Bonchev–Trinajstić information content (AvgIpc) is 3.19. The smallest absolute Gasteiger partial charge is 0.142 e. The molecule has 1 N–H and O–H groups in total. The maximum atomic E-state index is 4.49. The molecule has 102 valence electrons. The summed E-state index contributed by atoms with van der Waals surface area (Å²) in [4.78, 5) is 18.2. The van der Waals surface area contributed by atoms with Crippen LogP contribution < -0.4 is 4.90 Å². The SMILES string of the molecule is c1nc(N2CCC[C@@H]2Cn2cncn2)c2cc[nH]c2n1. The third-order valence-electron chi connectivity index (χ3n) is 3.85. The van der Waals surface area contributed by atoms with E-state index in [4.69, 9.17) is 0 Å². The highest BCUT2D eigenvalue weighted by Gasteiger charge is 2.27. The fraction of sp³-hybridized carbons (Fsp3) is 0.385. The van der Waals surface area contributed by atoms with Crippen LogP contribution in [0.3, 0.4) is 0 Å². The summed E-state index contributed by atoms with van der Waals surface area (Å²) in [6.07, 6.45) is 9.20. The first-order chi connectivity index (χ1) is 9.92. The first-order valence-electron chi connectivity index (χ1n) is 6.79. The maximum Gasteiger partial charge on any atom is 0.142 e. The highest BCUT2D eigenvalue weighted by Crippen LogP contribution is 2.29. The molecule has 1 saturated heterocycles. The Morgan fingerprint density at radius 3 is 3.20 bits per heavy atom. The summed E-state index contributed by atoms with van der Waals surface area (Å²) in [7, 11) is 0. The fourth-order valence-electron chi connectivity index (χ4n) is 2.93. The minimum absolute atomic E-state index is 0.407. The lowest BCUT2D eigenvalue weighted by Gasteiger charge is -2.25. The van der Waals surface area contributed by atoms with Crippen molar-refractivity contribution in [2.24, 2.45) is 0 Å². The van der Waals surface area contributed by atoms with Crippen LogP contribution in [-0.4, -0.2) is 42.3 Å². The lowest BCUT2D eigenvalue weighted by molar-refractivity contribution is 0.507. The van der Waals surface area contributed by atoms with Crippen molar-refractivity contribution in [3.05, 3.63) is 31.2 Å². The maximum absolute atomic E-state index is 4.49. The number of aromatic nitrogens is 6. The van der Waals surface area contributed by atoms with E-state index >= 15 is 0 Å². The summed E-state index contributed by atoms with van der Waals surface area (Å²) < 4.78 is 1.89. The van der Waals surface area contributed by atoms with Crippen molar-refractivity contribution in [2.75, 3.05) is 11.4 Å². The van der Waals surface area contributed by atoms with E-state index in [2.05, 4.69) is 29.9 Å². The third-order valence-corrected chi connectivity index (χ3v) is 3.85. The van der Waals surface area contributed by atoms with Gasteiger partial charge in [0.25, 0.3) is 0 Å². The molecular weight excluding hydrogens is 254 g/mol. The molecule has 0 aromatic carbocycles. The van der Waals surface area contributed by atoms with E-state index in [1.807, 2.05) is 16.9 Å². The molecule has 1 fully saturated rings. The molecule has 3 aromatic rings. The van der Waals surface area contributed by atoms with Crippen molar-refractivity contribution in [1.82, 2.24) is 29.7 Å². The monoisotopic (exact) mass is 269 g/mol. The molecule has 7 nitrogen and oxygen atoms in total. The Balaban J connectivity index is 1.68. The van der Waals surface area contributed by atoms with Gasteiger partial charge in [-0.3, -0.25) is 4.68 Å². The van der Waals surface area contributed by atoms with Crippen molar-refractivity contribution in [3.63, 3.8) is 0 Å². The summed E-state index contributed by atoms with van der Waals surface area (Å²) in [6.45, 7) is 1.87. The van der Waals surface area contributed by atoms with E-state index in [0.29, 0.717) is 6.04 Å². The van der Waals surface area contributed by atoms with Gasteiger partial charge in [-0.2, -0.15) is 5.10 Å². The van der Waals surface area contributed by atoms with Gasteiger partial charge in [-0.05, 0) is 18.9 Å². The molecule has 3 aromatic heterocycles. The van der Waals surface area contributed by atoms with Gasteiger partial charge in [-0.15, -0.1) is 0 Å². The van der Waals surface area contributed by atoms with Crippen LogP contribution in [0.2, 0.25) is 0 Å². The quantitative estimate of drug-likeness (QED) is 0.773. The minimum Gasteiger partial charge on any atom is -0.351 e. The Morgan fingerprint density at radius 1 is 1.30 bits per heavy atom. The molecule has 0 amide bonds. The van der Waals surface area contributed by atoms with E-state index in [0.717, 1.165) is 36.4 Å². The number of hydrogen-bond donors (Lipinski definition) is 1. The number of hydrogen-bond acceptors (Lipinski definition) is 5. The summed E-state index contributed by atoms with van der Waals surface area (Å²) in [5.41, 5.74) is 0.890. The summed E-state index contributed by atoms with van der Waals surface area (Å²) >= 11 is 0. The first-order valence-corrected chi connectivity index (χ1v) is 6.79. The van der Waals surface area contributed by atoms with Crippen LogP contribution in [0.25, 0.3) is 11.0 Å². The average molecular weight is 269 g/mol. The van der Waals surface area contributed by atoms with E-state index in [1.54, 1.807) is 19.0 Å². The van der Waals surface area contributed by atoms with Crippen molar-refractivity contribution in [2.45, 2.75) is 25.4 Å². The lowest BCUT2D eigenvalue weighted by Crippen LogP contribution is -2.33. The summed E-state index contributed by atoms with van der Waals surface area (Å²) in [6, 6.07) is 2.44. The van der Waals surface area contributed by atoms with Crippen LogP contribution in [0.5, 0.6) is 0 Å². The van der Waals surface area contributed by atoms with Gasteiger partial charge in [-0.1, -0.05) is 0 Å². The molecule has 1 atom stereocenters. The highest BCUT2D eigenvalue weighted by molar-refractivity contribution is 5.87. The normalized spacial score (nSPS) is 19.0. The van der Waals surface area contributed by atoms with E-state index in [9.17, 15) is 0 Å². The lowest BCUT2D eigenvalue weighted by atomic mass is 10.2. The molecule has 0 aliphatic carbocycles. The zero-order valence-corrected chi connectivity index (χ0v) is 11.0. The predicted molar refractivity (Wildman–Crippen MR) is 74.3 cm³/mol. The molecule has 1 aliphatic heterocycles. The highest BCUT2D eigenvalue weighted by atomic mass is 15.3. The zero-order valence-electron chi connectivity index (χ0n) is 11.0. The van der Waals surface area contributed by atoms with Crippen LogP contribution in [0.4, 0.5) is 5.82 Å². The third kappa shape index (κ3) is 1.82. The number of aromatic amines is 1. The molecule has 7 heteroatoms. The topological polar surface area (TPSA) is 75.5 Å². The Morgan fingerprint density at radius 2 is 2.30 bits per heavy atom. The van der Waals surface area contributed by atoms with Gasteiger partial charge in [0.05, 0.1) is 18.0 Å². The second-order valence-electron chi connectivity index (χ2n) is 5.04. The van der Waals surface area contributed by atoms with Crippen molar-refractivity contribution < 1.29 is 0 Å². The van der Waals surface area contributed by atoms with Crippen LogP contribution in [0.15, 0.2) is 31.2 Å². The van der Waals surface area contributed by atoms with Crippen LogP contribution in [0.1, 0.15) is 12.8 Å². The molecular formula is C13H15N7. The fourth-order valence-corrected chi connectivity index (χ4v) is 2.93. The predicted octanol–water partition coefficient (Wildman–Crippen LogP) is 1.22. The van der Waals surface area contributed by atoms with Gasteiger partial charge in [0.15, 0.2) is 0 Å². The zero-order chi connectivity index (χ0) is 13.4. The number of fused-ring (bicyclic) bond motifs is 1. The molecule has 0 spiro atoms. The second-order valence-corrected chi connectivity index (χ2v) is 5.04. The molecule has 0 unspecified atom stereocenters. The van der Waals surface area contributed by atoms with Crippen LogP contribution >= 0.6 is 0 Å². The number of anilines is 1. The molecule has 4 heterocycles. The first kappa shape index (κ1) is 11.4. The van der Waals surface area contributed by atoms with Gasteiger partial charge in [0, 0.05) is 12.7 Å². The number of nitrogens with zero attached hydrogens (tertiary/aromatic N) is 6. The van der Waals surface area contributed by atoms with Crippen molar-refractivity contribution in [1.29, 1.82) is 0 Å². The largest absolute Gasteiger partial charge is 0.351 e. The summed E-state index contributed by atoms with van der Waals surface area (Å²) in [5.74, 6) is 1.01. The standard InChI is InChI=1S/C13H15N7/c1-2-10(6-19-9-14-7-18-19)20(5-1)13-11-3-4-15-12(11)16-8-17-13/h3-4,7-10H,1-2,5-6H2,(H,15,16,17)/t10-/m1/s1. The molecule has 1 aliphatic rings. The van der Waals surface area contributed by atoms with Crippen molar-refractivity contribution >= 4 is 16.9 Å². The Hall–Kier alpha value is -2.44. The van der Waals surface area contributed by atoms with Crippen LogP contribution in [0, 0.1) is 0 Å². The summed E-state index contributed by atoms with van der Waals surface area (Å²) in [5, 5.41) is 5.28. The molecule has 20 heavy (non-hydrogen) atoms. The number of rotatable bonds is 3. The Bertz CT molecular complexity index is 702. The van der Waals surface area contributed by atoms with E-state index in [1.165, 1.54) is 6.42 Å². The van der Waals surface area contributed by atoms with Gasteiger partial charge < -0.3 is 9.88 Å². The van der Waals surface area contributed by atoms with Gasteiger partial charge in [0.2, 0.25) is 0 Å². The molecule has 0 bridgehead atoms. The molecule has 4 rings (SSSR count).